The molecule has 0 aliphatic carbocycles. The number of hydrogen-bond donors (Lipinski definition) is 0. The SMILES string of the molecule is CCOC(=O)[C@H]1[C@H](Oc2ccccc2)C(=O)N1c1ccccc1. The van der Waals surface area contributed by atoms with Crippen LogP contribution >= 0.6 is 0 Å². The maximum Gasteiger partial charge on any atom is 0.333 e. The van der Waals surface area contributed by atoms with Gasteiger partial charge >= 0.3 is 5.97 Å². The molecule has 0 aromatic heterocycles. The summed E-state index contributed by atoms with van der Waals surface area (Å²) in [4.78, 5) is 26.2. The normalized spacial score (nSPS) is 19.9. The summed E-state index contributed by atoms with van der Waals surface area (Å²) in [6, 6.07) is 17.3. The number of carbonyl (C=O) groups is 2. The molecule has 5 heteroatoms. The Bertz CT molecular complexity index is 687. The van der Waals surface area contributed by atoms with Gasteiger partial charge in [0, 0.05) is 5.69 Å². The Morgan fingerprint density at radius 3 is 2.26 bits per heavy atom. The van der Waals surface area contributed by atoms with E-state index < -0.39 is 18.1 Å². The van der Waals surface area contributed by atoms with Crippen molar-refractivity contribution in [3.8, 4) is 5.75 Å². The standard InChI is InChI=1S/C18H17NO4/c1-2-22-18(21)15-16(23-14-11-7-4-8-12-14)17(20)19(15)13-9-5-3-6-10-13/h3-12,15-16H,2H2,1H3/t15-,16+/m1/s1. The van der Waals surface area contributed by atoms with Gasteiger partial charge in [-0.3, -0.25) is 9.69 Å². The van der Waals surface area contributed by atoms with Crippen LogP contribution in [0, 0.1) is 0 Å². The predicted octanol–water partition coefficient (Wildman–Crippen LogP) is 2.41. The van der Waals surface area contributed by atoms with Crippen molar-refractivity contribution in [2.45, 2.75) is 19.1 Å². The van der Waals surface area contributed by atoms with Crippen molar-refractivity contribution in [2.24, 2.45) is 0 Å². The van der Waals surface area contributed by atoms with Crippen molar-refractivity contribution in [1.29, 1.82) is 0 Å². The second kappa shape index (κ2) is 6.52. The Balaban J connectivity index is 1.85. The molecule has 2 aromatic carbocycles. The van der Waals surface area contributed by atoms with Gasteiger partial charge in [-0.05, 0) is 31.2 Å². The van der Waals surface area contributed by atoms with Crippen LogP contribution in [0.2, 0.25) is 0 Å². The number of anilines is 1. The second-order valence-corrected chi connectivity index (χ2v) is 5.09. The van der Waals surface area contributed by atoms with E-state index in [2.05, 4.69) is 0 Å². The fourth-order valence-electron chi connectivity index (χ4n) is 2.56. The van der Waals surface area contributed by atoms with E-state index in [0.29, 0.717) is 11.4 Å². The monoisotopic (exact) mass is 311 g/mol. The van der Waals surface area contributed by atoms with E-state index in [1.165, 1.54) is 4.90 Å². The number of benzene rings is 2. The molecule has 0 radical (unpaired) electrons. The highest BCUT2D eigenvalue weighted by Gasteiger charge is 2.55. The fourth-order valence-corrected chi connectivity index (χ4v) is 2.56. The van der Waals surface area contributed by atoms with Crippen molar-refractivity contribution < 1.29 is 19.1 Å². The number of amides is 1. The number of nitrogens with zero attached hydrogens (tertiary/aromatic N) is 1. The number of hydrogen-bond acceptors (Lipinski definition) is 4. The summed E-state index contributed by atoms with van der Waals surface area (Å²) in [5.41, 5.74) is 0.656. The summed E-state index contributed by atoms with van der Waals surface area (Å²) in [5.74, 6) is -0.164. The van der Waals surface area contributed by atoms with Crippen LogP contribution < -0.4 is 9.64 Å². The lowest BCUT2D eigenvalue weighted by Crippen LogP contribution is -2.70. The summed E-state index contributed by atoms with van der Waals surface area (Å²) in [6.07, 6.45) is -0.864. The molecule has 1 heterocycles. The van der Waals surface area contributed by atoms with E-state index in [1.807, 2.05) is 36.4 Å². The molecule has 0 N–H and O–H groups in total. The number of ether oxygens (including phenoxy) is 2. The molecule has 2 atom stereocenters. The third-order valence-electron chi connectivity index (χ3n) is 3.61. The highest BCUT2D eigenvalue weighted by atomic mass is 16.5. The van der Waals surface area contributed by atoms with Crippen LogP contribution in [0.4, 0.5) is 5.69 Å². The zero-order chi connectivity index (χ0) is 16.2. The van der Waals surface area contributed by atoms with Gasteiger partial charge in [-0.15, -0.1) is 0 Å². The number of esters is 1. The third kappa shape index (κ3) is 2.90. The van der Waals surface area contributed by atoms with Gasteiger partial charge in [-0.25, -0.2) is 4.79 Å². The van der Waals surface area contributed by atoms with Crippen LogP contribution in [0.15, 0.2) is 60.7 Å². The van der Waals surface area contributed by atoms with Crippen molar-refractivity contribution in [1.82, 2.24) is 0 Å². The van der Waals surface area contributed by atoms with Crippen LogP contribution in [-0.4, -0.2) is 30.6 Å². The molecular formula is C18H17NO4. The molecule has 0 unspecified atom stereocenters. The summed E-state index contributed by atoms with van der Waals surface area (Å²) >= 11 is 0. The summed E-state index contributed by atoms with van der Waals surface area (Å²) in [6.45, 7) is 1.99. The molecule has 1 saturated heterocycles. The van der Waals surface area contributed by atoms with Crippen molar-refractivity contribution in [3.63, 3.8) is 0 Å². The summed E-state index contributed by atoms with van der Waals surface area (Å²) < 4.78 is 10.8. The molecule has 5 nitrogen and oxygen atoms in total. The first-order valence-electron chi connectivity index (χ1n) is 7.49. The van der Waals surface area contributed by atoms with E-state index in [4.69, 9.17) is 9.47 Å². The van der Waals surface area contributed by atoms with Crippen molar-refractivity contribution >= 4 is 17.6 Å². The molecule has 1 aliphatic heterocycles. The molecule has 1 fully saturated rings. The van der Waals surface area contributed by atoms with E-state index in [0.717, 1.165) is 0 Å². The Morgan fingerprint density at radius 2 is 1.65 bits per heavy atom. The first-order chi connectivity index (χ1) is 11.2. The number of β-lactam (4-membered cyclic amide) rings is 1. The molecule has 118 valence electrons. The van der Waals surface area contributed by atoms with Gasteiger partial charge < -0.3 is 9.47 Å². The highest BCUT2D eigenvalue weighted by molar-refractivity contribution is 6.12. The number of para-hydroxylation sites is 2. The molecule has 0 spiro atoms. The zero-order valence-electron chi connectivity index (χ0n) is 12.7. The van der Waals surface area contributed by atoms with E-state index >= 15 is 0 Å². The Morgan fingerprint density at radius 1 is 1.04 bits per heavy atom. The topological polar surface area (TPSA) is 55.8 Å². The Kier molecular flexibility index (Phi) is 4.28. The zero-order valence-corrected chi connectivity index (χ0v) is 12.7. The van der Waals surface area contributed by atoms with Gasteiger partial charge in [0.2, 0.25) is 6.10 Å². The number of rotatable bonds is 5. The first-order valence-corrected chi connectivity index (χ1v) is 7.49. The lowest BCUT2D eigenvalue weighted by Gasteiger charge is -2.44. The van der Waals surface area contributed by atoms with Gasteiger partial charge in [0.1, 0.15) is 5.75 Å². The lowest BCUT2D eigenvalue weighted by atomic mass is 9.96. The van der Waals surface area contributed by atoms with Gasteiger partial charge in [-0.1, -0.05) is 36.4 Å². The van der Waals surface area contributed by atoms with Crippen LogP contribution in [0.25, 0.3) is 0 Å². The summed E-state index contributed by atoms with van der Waals surface area (Å²) in [5, 5.41) is 0. The van der Waals surface area contributed by atoms with E-state index in [9.17, 15) is 9.59 Å². The molecule has 3 rings (SSSR count). The Labute approximate surface area is 134 Å². The average molecular weight is 311 g/mol. The lowest BCUT2D eigenvalue weighted by molar-refractivity contribution is -0.156. The molecule has 1 aliphatic rings. The predicted molar refractivity (Wildman–Crippen MR) is 85.2 cm³/mol. The highest BCUT2D eigenvalue weighted by Crippen LogP contribution is 2.31. The summed E-state index contributed by atoms with van der Waals surface area (Å²) in [7, 11) is 0. The molecule has 0 saturated carbocycles. The minimum absolute atomic E-state index is 0.252. The maximum atomic E-state index is 12.5. The molecule has 0 bridgehead atoms. The van der Waals surface area contributed by atoms with Gasteiger partial charge in [0.25, 0.3) is 5.91 Å². The van der Waals surface area contributed by atoms with Gasteiger partial charge in [0.05, 0.1) is 6.61 Å². The molecule has 1 amide bonds. The Hall–Kier alpha value is -2.82. The van der Waals surface area contributed by atoms with E-state index in [1.54, 1.807) is 31.2 Å². The molecular weight excluding hydrogens is 294 g/mol. The van der Waals surface area contributed by atoms with Crippen LogP contribution in [0.5, 0.6) is 5.75 Å². The smallest absolute Gasteiger partial charge is 0.333 e. The van der Waals surface area contributed by atoms with Gasteiger partial charge in [0.15, 0.2) is 6.04 Å². The van der Waals surface area contributed by atoms with Crippen LogP contribution in [-0.2, 0) is 14.3 Å². The first kappa shape index (κ1) is 15.1. The molecule has 2 aromatic rings. The largest absolute Gasteiger partial charge is 0.478 e. The second-order valence-electron chi connectivity index (χ2n) is 5.09. The van der Waals surface area contributed by atoms with Crippen LogP contribution in [0.1, 0.15) is 6.92 Å². The van der Waals surface area contributed by atoms with Crippen molar-refractivity contribution in [2.75, 3.05) is 11.5 Å². The van der Waals surface area contributed by atoms with E-state index in [-0.39, 0.29) is 12.5 Å². The third-order valence-corrected chi connectivity index (χ3v) is 3.61. The minimum Gasteiger partial charge on any atom is -0.478 e. The maximum absolute atomic E-state index is 12.5. The van der Waals surface area contributed by atoms with Crippen molar-refractivity contribution in [3.05, 3.63) is 60.7 Å². The fraction of sp³-hybridized carbons (Fsp3) is 0.222. The minimum atomic E-state index is -0.864. The van der Waals surface area contributed by atoms with Gasteiger partial charge in [-0.2, -0.15) is 0 Å². The quantitative estimate of drug-likeness (QED) is 0.628. The average Bonchev–Trinajstić information content (AvgIpc) is 2.59. The number of carbonyl (C=O) groups excluding carboxylic acids is 2. The van der Waals surface area contributed by atoms with Crippen LogP contribution in [0.3, 0.4) is 0 Å². The molecule has 23 heavy (non-hydrogen) atoms.